The maximum Gasteiger partial charge on any atom is 0.0518 e. The highest BCUT2D eigenvalue weighted by Crippen LogP contribution is 2.13. The number of likely N-dealkylation sites (tertiary alicyclic amines) is 1. The Bertz CT molecular complexity index is 173. The zero-order chi connectivity index (χ0) is 11.8. The lowest BCUT2D eigenvalue weighted by atomic mass is 10.2. The summed E-state index contributed by atoms with van der Waals surface area (Å²) in [6.07, 6.45) is 2.86. The van der Waals surface area contributed by atoms with Crippen LogP contribution >= 0.6 is 0 Å². The van der Waals surface area contributed by atoms with E-state index in [9.17, 15) is 0 Å². The molecule has 1 atom stereocenters. The van der Waals surface area contributed by atoms with E-state index in [0.717, 1.165) is 32.0 Å². The van der Waals surface area contributed by atoms with E-state index in [2.05, 4.69) is 31.0 Å². The van der Waals surface area contributed by atoms with Gasteiger partial charge in [-0.3, -0.25) is 0 Å². The van der Waals surface area contributed by atoms with E-state index in [-0.39, 0.29) is 0 Å². The van der Waals surface area contributed by atoms with E-state index in [1.807, 2.05) is 0 Å². The largest absolute Gasteiger partial charge is 0.379 e. The minimum atomic E-state index is 0.367. The molecule has 1 saturated heterocycles. The van der Waals surface area contributed by atoms with Gasteiger partial charge in [-0.1, -0.05) is 6.92 Å². The van der Waals surface area contributed by atoms with Crippen molar-refractivity contribution in [2.45, 2.75) is 39.7 Å². The first kappa shape index (κ1) is 13.9. The van der Waals surface area contributed by atoms with Crippen molar-refractivity contribution in [2.24, 2.45) is 5.92 Å². The van der Waals surface area contributed by atoms with E-state index in [1.165, 1.54) is 26.1 Å². The molecule has 0 aliphatic carbocycles. The highest BCUT2D eigenvalue weighted by Gasteiger charge is 2.17. The van der Waals surface area contributed by atoms with Gasteiger partial charge in [0.2, 0.25) is 0 Å². The summed E-state index contributed by atoms with van der Waals surface area (Å²) in [6.45, 7) is 13.4. The van der Waals surface area contributed by atoms with Crippen LogP contribution in [0.3, 0.4) is 0 Å². The van der Waals surface area contributed by atoms with Crippen LogP contribution in [0.4, 0.5) is 0 Å². The monoisotopic (exact) mass is 228 g/mol. The highest BCUT2D eigenvalue weighted by molar-refractivity contribution is 4.72. The maximum absolute atomic E-state index is 5.49. The third-order valence-corrected chi connectivity index (χ3v) is 3.06. The third kappa shape index (κ3) is 6.46. The maximum atomic E-state index is 5.49. The molecule has 1 rings (SSSR count). The number of rotatable bonds is 8. The summed E-state index contributed by atoms with van der Waals surface area (Å²) in [6, 6.07) is 0. The number of hydrogen-bond donors (Lipinski definition) is 1. The molecule has 0 aromatic heterocycles. The van der Waals surface area contributed by atoms with Gasteiger partial charge < -0.3 is 15.0 Å². The Kier molecular flexibility index (Phi) is 7.01. The van der Waals surface area contributed by atoms with Crippen molar-refractivity contribution in [3.05, 3.63) is 0 Å². The molecule has 0 saturated carbocycles. The molecular weight excluding hydrogens is 200 g/mol. The Balaban J connectivity index is 1.81. The molecule has 1 aliphatic rings. The molecule has 1 heterocycles. The van der Waals surface area contributed by atoms with Crippen molar-refractivity contribution in [3.63, 3.8) is 0 Å². The fourth-order valence-corrected chi connectivity index (χ4v) is 2.11. The lowest BCUT2D eigenvalue weighted by molar-refractivity contribution is 0.0770. The van der Waals surface area contributed by atoms with Crippen LogP contribution in [0, 0.1) is 5.92 Å². The van der Waals surface area contributed by atoms with E-state index in [1.54, 1.807) is 0 Å². The molecule has 96 valence electrons. The van der Waals surface area contributed by atoms with Crippen molar-refractivity contribution >= 4 is 0 Å². The Labute approximate surface area is 101 Å². The molecule has 1 N–H and O–H groups in total. The van der Waals surface area contributed by atoms with E-state index < -0.39 is 0 Å². The average molecular weight is 228 g/mol. The van der Waals surface area contributed by atoms with Crippen molar-refractivity contribution in [2.75, 3.05) is 39.3 Å². The zero-order valence-corrected chi connectivity index (χ0v) is 11.2. The van der Waals surface area contributed by atoms with Gasteiger partial charge in [-0.2, -0.15) is 0 Å². The van der Waals surface area contributed by atoms with Crippen molar-refractivity contribution in [3.8, 4) is 0 Å². The average Bonchev–Trinajstić information content (AvgIpc) is 2.62. The van der Waals surface area contributed by atoms with Crippen LogP contribution < -0.4 is 5.32 Å². The van der Waals surface area contributed by atoms with Crippen molar-refractivity contribution < 1.29 is 4.74 Å². The van der Waals surface area contributed by atoms with Crippen LogP contribution in [-0.2, 0) is 4.74 Å². The summed E-state index contributed by atoms with van der Waals surface area (Å²) in [5.41, 5.74) is 0. The van der Waals surface area contributed by atoms with Crippen LogP contribution in [0.2, 0.25) is 0 Å². The molecule has 0 aromatic carbocycles. The van der Waals surface area contributed by atoms with E-state index >= 15 is 0 Å². The molecule has 0 amide bonds. The summed E-state index contributed by atoms with van der Waals surface area (Å²) in [7, 11) is 0. The minimum absolute atomic E-state index is 0.367. The van der Waals surface area contributed by atoms with Crippen molar-refractivity contribution in [1.82, 2.24) is 10.2 Å². The Morgan fingerprint density at radius 2 is 2.19 bits per heavy atom. The van der Waals surface area contributed by atoms with Crippen LogP contribution in [0.15, 0.2) is 0 Å². The second-order valence-corrected chi connectivity index (χ2v) is 5.22. The smallest absolute Gasteiger partial charge is 0.0518 e. The first-order valence-electron chi connectivity index (χ1n) is 6.73. The highest BCUT2D eigenvalue weighted by atomic mass is 16.5. The molecule has 0 bridgehead atoms. The Hall–Kier alpha value is -0.120. The molecule has 0 spiro atoms. The first-order chi connectivity index (χ1) is 7.68. The van der Waals surface area contributed by atoms with Crippen LogP contribution in [-0.4, -0.2) is 50.3 Å². The molecule has 1 aliphatic heterocycles. The van der Waals surface area contributed by atoms with Gasteiger partial charge in [-0.05, 0) is 45.7 Å². The van der Waals surface area contributed by atoms with Gasteiger partial charge in [0.05, 0.1) is 6.10 Å². The number of nitrogens with zero attached hydrogens (tertiary/aromatic N) is 1. The summed E-state index contributed by atoms with van der Waals surface area (Å²) in [5.74, 6) is 0.902. The number of ether oxygens (including phenoxy) is 1. The fraction of sp³-hybridized carbons (Fsp3) is 1.00. The van der Waals surface area contributed by atoms with Gasteiger partial charge in [0.1, 0.15) is 0 Å². The van der Waals surface area contributed by atoms with Gasteiger partial charge in [0.25, 0.3) is 0 Å². The topological polar surface area (TPSA) is 24.5 Å². The number of hydrogen-bond acceptors (Lipinski definition) is 3. The normalized spacial score (nSPS) is 22.1. The van der Waals surface area contributed by atoms with Gasteiger partial charge >= 0.3 is 0 Å². The Morgan fingerprint density at radius 3 is 2.81 bits per heavy atom. The summed E-state index contributed by atoms with van der Waals surface area (Å²) in [5, 5.41) is 3.48. The Morgan fingerprint density at radius 1 is 1.38 bits per heavy atom. The SMILES string of the molecule is CC1CCN(CCNCCCOC(C)C)C1. The van der Waals surface area contributed by atoms with Crippen molar-refractivity contribution in [1.29, 1.82) is 0 Å². The molecule has 0 radical (unpaired) electrons. The van der Waals surface area contributed by atoms with E-state index in [0.29, 0.717) is 6.10 Å². The minimum Gasteiger partial charge on any atom is -0.379 e. The van der Waals surface area contributed by atoms with Crippen LogP contribution in [0.1, 0.15) is 33.6 Å². The summed E-state index contributed by atoms with van der Waals surface area (Å²) in [4.78, 5) is 2.56. The van der Waals surface area contributed by atoms with Gasteiger partial charge in [0, 0.05) is 26.2 Å². The predicted molar refractivity (Wildman–Crippen MR) is 68.8 cm³/mol. The first-order valence-corrected chi connectivity index (χ1v) is 6.73. The molecule has 16 heavy (non-hydrogen) atoms. The molecule has 1 fully saturated rings. The molecule has 3 heteroatoms. The molecule has 0 aromatic rings. The lowest BCUT2D eigenvalue weighted by Crippen LogP contribution is -2.31. The predicted octanol–water partition coefficient (Wildman–Crippen LogP) is 1.73. The zero-order valence-electron chi connectivity index (χ0n) is 11.2. The molecule has 3 nitrogen and oxygen atoms in total. The fourth-order valence-electron chi connectivity index (χ4n) is 2.11. The van der Waals surface area contributed by atoms with Crippen LogP contribution in [0.5, 0.6) is 0 Å². The summed E-state index contributed by atoms with van der Waals surface area (Å²) < 4.78 is 5.49. The van der Waals surface area contributed by atoms with Gasteiger partial charge in [0.15, 0.2) is 0 Å². The second-order valence-electron chi connectivity index (χ2n) is 5.22. The van der Waals surface area contributed by atoms with Gasteiger partial charge in [-0.25, -0.2) is 0 Å². The molecular formula is C13H28N2O. The summed E-state index contributed by atoms with van der Waals surface area (Å²) >= 11 is 0. The molecule has 1 unspecified atom stereocenters. The standard InChI is InChI=1S/C13H28N2O/c1-12(2)16-10-4-6-14-7-9-15-8-5-13(3)11-15/h12-14H,4-11H2,1-3H3. The second kappa shape index (κ2) is 8.04. The third-order valence-electron chi connectivity index (χ3n) is 3.06. The lowest BCUT2D eigenvalue weighted by Gasteiger charge is -2.15. The number of nitrogens with one attached hydrogen (secondary N) is 1. The quantitative estimate of drug-likeness (QED) is 0.640. The van der Waals surface area contributed by atoms with Crippen LogP contribution in [0.25, 0.3) is 0 Å². The van der Waals surface area contributed by atoms with Gasteiger partial charge in [-0.15, -0.1) is 0 Å². The van der Waals surface area contributed by atoms with E-state index in [4.69, 9.17) is 4.74 Å².